The number of carbonyl (C=O) groups excluding carboxylic acids is 1. The molecule has 0 bridgehead atoms. The van der Waals surface area contributed by atoms with Crippen molar-refractivity contribution in [3.05, 3.63) is 0 Å². The number of carbonyl (C=O) groups is 1. The zero-order valence-electron chi connectivity index (χ0n) is 6.72. The second-order valence-electron chi connectivity index (χ2n) is 3.14. The van der Waals surface area contributed by atoms with Crippen LogP contribution in [0.1, 0.15) is 20.3 Å². The number of rotatable bonds is 1. The Morgan fingerprint density at radius 3 is 2.50 bits per heavy atom. The number of hydrazine groups is 1. The number of hydrogen-bond donors (Lipinski definition) is 1. The lowest BCUT2D eigenvalue weighted by Gasteiger charge is -2.15. The van der Waals surface area contributed by atoms with Crippen LogP contribution in [0.15, 0.2) is 0 Å². The second kappa shape index (κ2) is 2.58. The van der Waals surface area contributed by atoms with Gasteiger partial charge in [0.25, 0.3) is 0 Å². The van der Waals surface area contributed by atoms with Gasteiger partial charge in [-0.2, -0.15) is 0 Å². The van der Waals surface area contributed by atoms with E-state index in [1.807, 2.05) is 0 Å². The summed E-state index contributed by atoms with van der Waals surface area (Å²) in [5, 5.41) is 1.57. The fraction of sp³-hybridized carbons (Fsp3) is 0.857. The van der Waals surface area contributed by atoms with Crippen LogP contribution in [0.2, 0.25) is 0 Å². The largest absolute Gasteiger partial charge is 0.281 e. The molecule has 0 aromatic carbocycles. The van der Waals surface area contributed by atoms with Gasteiger partial charge in [0.1, 0.15) is 0 Å². The highest BCUT2D eigenvalue weighted by Gasteiger charge is 2.27. The predicted molar refractivity (Wildman–Crippen MR) is 39.1 cm³/mol. The highest BCUT2D eigenvalue weighted by molar-refractivity contribution is 5.78. The lowest BCUT2D eigenvalue weighted by Crippen LogP contribution is -2.36. The van der Waals surface area contributed by atoms with Gasteiger partial charge in [0.15, 0.2) is 0 Å². The van der Waals surface area contributed by atoms with E-state index in [0.29, 0.717) is 18.4 Å². The number of nitrogens with zero attached hydrogens (tertiary/aromatic N) is 1. The molecule has 1 heterocycles. The average molecular weight is 142 g/mol. The van der Waals surface area contributed by atoms with Crippen LogP contribution >= 0.6 is 0 Å². The maximum Gasteiger partial charge on any atom is 0.238 e. The van der Waals surface area contributed by atoms with Crippen LogP contribution in [-0.2, 0) is 4.79 Å². The van der Waals surface area contributed by atoms with Gasteiger partial charge >= 0.3 is 0 Å². The van der Waals surface area contributed by atoms with Gasteiger partial charge in [0, 0.05) is 19.5 Å². The van der Waals surface area contributed by atoms with Crippen molar-refractivity contribution in [2.24, 2.45) is 5.92 Å². The van der Waals surface area contributed by atoms with Crippen LogP contribution in [0.5, 0.6) is 0 Å². The molecule has 0 spiro atoms. The third-order valence-corrected chi connectivity index (χ3v) is 1.93. The smallest absolute Gasteiger partial charge is 0.238 e. The van der Waals surface area contributed by atoms with Crippen molar-refractivity contribution in [2.75, 3.05) is 7.05 Å². The van der Waals surface area contributed by atoms with Gasteiger partial charge in [-0.25, -0.2) is 5.43 Å². The lowest BCUT2D eigenvalue weighted by atomic mass is 10.0. The van der Waals surface area contributed by atoms with E-state index in [4.69, 9.17) is 0 Å². The number of hydrogen-bond acceptors (Lipinski definition) is 2. The van der Waals surface area contributed by atoms with Gasteiger partial charge in [-0.1, -0.05) is 13.8 Å². The normalized spacial score (nSPS) is 26.6. The molecule has 1 atom stereocenters. The van der Waals surface area contributed by atoms with Crippen LogP contribution in [-0.4, -0.2) is 24.0 Å². The molecule has 1 saturated heterocycles. The first-order chi connectivity index (χ1) is 4.61. The topological polar surface area (TPSA) is 32.3 Å². The molecule has 1 aliphatic rings. The van der Waals surface area contributed by atoms with E-state index in [1.54, 1.807) is 12.1 Å². The van der Waals surface area contributed by atoms with Crippen molar-refractivity contribution in [3.8, 4) is 0 Å². The molecule has 0 saturated carbocycles. The Kier molecular flexibility index (Phi) is 1.94. The monoisotopic (exact) mass is 142 g/mol. The molecule has 1 N–H and O–H groups in total. The molecule has 1 rings (SSSR count). The predicted octanol–water partition coefficient (Wildman–Crippen LogP) is 0.378. The summed E-state index contributed by atoms with van der Waals surface area (Å²) in [5.74, 6) is 0.729. The molecule has 0 radical (unpaired) electrons. The van der Waals surface area contributed by atoms with Gasteiger partial charge < -0.3 is 0 Å². The van der Waals surface area contributed by atoms with Gasteiger partial charge in [-0.3, -0.25) is 9.80 Å². The van der Waals surface area contributed by atoms with Crippen LogP contribution < -0.4 is 5.43 Å². The summed E-state index contributed by atoms with van der Waals surface area (Å²) in [7, 11) is 1.77. The first-order valence-corrected chi connectivity index (χ1v) is 3.64. The highest BCUT2D eigenvalue weighted by Crippen LogP contribution is 2.12. The van der Waals surface area contributed by atoms with Crippen molar-refractivity contribution >= 4 is 5.91 Å². The van der Waals surface area contributed by atoms with Crippen molar-refractivity contribution in [1.82, 2.24) is 10.4 Å². The van der Waals surface area contributed by atoms with E-state index < -0.39 is 0 Å². The van der Waals surface area contributed by atoms with E-state index in [1.165, 1.54) is 0 Å². The molecule has 0 aliphatic carbocycles. The first-order valence-electron chi connectivity index (χ1n) is 3.64. The maximum absolute atomic E-state index is 11.0. The molecule has 10 heavy (non-hydrogen) atoms. The molecule has 0 aromatic heterocycles. The van der Waals surface area contributed by atoms with Crippen LogP contribution in [0, 0.1) is 5.92 Å². The van der Waals surface area contributed by atoms with Crippen molar-refractivity contribution in [3.63, 3.8) is 0 Å². The zero-order chi connectivity index (χ0) is 7.72. The fourth-order valence-corrected chi connectivity index (χ4v) is 1.08. The van der Waals surface area contributed by atoms with Gasteiger partial charge in [0.2, 0.25) is 5.91 Å². The molecule has 0 aromatic rings. The Balaban J connectivity index is 2.49. The number of amides is 1. The molecule has 1 amide bonds. The molecule has 1 unspecified atom stereocenters. The minimum Gasteiger partial charge on any atom is -0.281 e. The highest BCUT2D eigenvalue weighted by atomic mass is 16.2. The molecular weight excluding hydrogens is 128 g/mol. The van der Waals surface area contributed by atoms with Crippen LogP contribution in [0.4, 0.5) is 0 Å². The van der Waals surface area contributed by atoms with Crippen LogP contribution in [0.3, 0.4) is 0 Å². The molecule has 58 valence electrons. The Bertz CT molecular complexity index is 145. The van der Waals surface area contributed by atoms with E-state index in [0.717, 1.165) is 0 Å². The van der Waals surface area contributed by atoms with Crippen molar-refractivity contribution in [1.29, 1.82) is 0 Å². The minimum absolute atomic E-state index is 0.193. The third-order valence-electron chi connectivity index (χ3n) is 1.93. The van der Waals surface area contributed by atoms with E-state index in [2.05, 4.69) is 19.3 Å². The third kappa shape index (κ3) is 1.29. The maximum atomic E-state index is 11.0. The zero-order valence-corrected chi connectivity index (χ0v) is 6.72. The van der Waals surface area contributed by atoms with E-state index in [-0.39, 0.29) is 5.91 Å². The fourth-order valence-electron chi connectivity index (χ4n) is 1.08. The van der Waals surface area contributed by atoms with Crippen molar-refractivity contribution in [2.45, 2.75) is 26.3 Å². The Morgan fingerprint density at radius 2 is 2.30 bits per heavy atom. The summed E-state index contributed by atoms with van der Waals surface area (Å²) in [5.41, 5.74) is 3.09. The average Bonchev–Trinajstić information content (AvgIpc) is 2.13. The molecule has 1 fully saturated rings. The summed E-state index contributed by atoms with van der Waals surface area (Å²) in [4.78, 5) is 11.0. The van der Waals surface area contributed by atoms with Gasteiger partial charge in [-0.15, -0.1) is 0 Å². The summed E-state index contributed by atoms with van der Waals surface area (Å²) < 4.78 is 0. The van der Waals surface area contributed by atoms with Gasteiger partial charge in [-0.05, 0) is 5.92 Å². The molecule has 1 aliphatic heterocycles. The standard InChI is InChI=1S/C7H14N2O/c1-5(2)6-4-7(10)9(3)8-6/h5-6,8H,4H2,1-3H3. The SMILES string of the molecule is CC(C)C1CC(=O)N(C)N1. The van der Waals surface area contributed by atoms with Gasteiger partial charge in [0.05, 0.1) is 0 Å². The quantitative estimate of drug-likeness (QED) is 0.574. The first kappa shape index (κ1) is 7.54. The number of nitrogens with one attached hydrogen (secondary N) is 1. The summed E-state index contributed by atoms with van der Waals surface area (Å²) >= 11 is 0. The summed E-state index contributed by atoms with van der Waals surface area (Å²) in [6.07, 6.45) is 0.647. The Hall–Kier alpha value is -0.570. The summed E-state index contributed by atoms with van der Waals surface area (Å²) in [6.45, 7) is 4.23. The second-order valence-corrected chi connectivity index (χ2v) is 3.14. The lowest BCUT2D eigenvalue weighted by molar-refractivity contribution is -0.128. The van der Waals surface area contributed by atoms with E-state index >= 15 is 0 Å². The Labute approximate surface area is 61.4 Å². The molecule has 3 nitrogen and oxygen atoms in total. The molecule has 3 heteroatoms. The molecular formula is C7H14N2O. The summed E-state index contributed by atoms with van der Waals surface area (Å²) in [6, 6.07) is 0.345. The Morgan fingerprint density at radius 1 is 1.70 bits per heavy atom. The minimum atomic E-state index is 0.193. The van der Waals surface area contributed by atoms with Crippen molar-refractivity contribution < 1.29 is 4.79 Å². The van der Waals surface area contributed by atoms with Crippen LogP contribution in [0.25, 0.3) is 0 Å². The van der Waals surface area contributed by atoms with E-state index in [9.17, 15) is 4.79 Å².